The molecule has 0 radical (unpaired) electrons. The molecule has 10 heteroatoms. The lowest BCUT2D eigenvalue weighted by Gasteiger charge is -2.09. The van der Waals surface area contributed by atoms with Gasteiger partial charge in [0.2, 0.25) is 11.1 Å². The molecule has 0 spiro atoms. The van der Waals surface area contributed by atoms with Gasteiger partial charge in [-0.1, -0.05) is 36.0 Å². The van der Waals surface area contributed by atoms with E-state index >= 15 is 0 Å². The van der Waals surface area contributed by atoms with E-state index in [-0.39, 0.29) is 11.7 Å². The highest BCUT2D eigenvalue weighted by atomic mass is 32.2. The summed E-state index contributed by atoms with van der Waals surface area (Å²) >= 11 is 1.15. The first-order chi connectivity index (χ1) is 14.1. The topological polar surface area (TPSA) is 90.5 Å². The average Bonchev–Trinajstić information content (AvgIpc) is 3.33. The summed E-state index contributed by atoms with van der Waals surface area (Å²) < 4.78 is 16.5. The van der Waals surface area contributed by atoms with E-state index in [0.717, 1.165) is 23.1 Å². The average molecular weight is 409 g/mol. The predicted molar refractivity (Wildman–Crippen MR) is 107 cm³/mol. The Balaban J connectivity index is 1.46. The van der Waals surface area contributed by atoms with Crippen molar-refractivity contribution in [2.24, 2.45) is 0 Å². The third-order valence-corrected chi connectivity index (χ3v) is 4.85. The van der Waals surface area contributed by atoms with Crippen LogP contribution < -0.4 is 5.32 Å². The van der Waals surface area contributed by atoms with Gasteiger partial charge < -0.3 is 5.32 Å². The molecule has 0 fully saturated rings. The van der Waals surface area contributed by atoms with Gasteiger partial charge in [0.15, 0.2) is 0 Å². The fourth-order valence-electron chi connectivity index (χ4n) is 2.70. The number of benzene rings is 2. The summed E-state index contributed by atoms with van der Waals surface area (Å²) in [4.78, 5) is 12.5. The number of aromatic nitrogens is 6. The molecule has 0 aliphatic heterocycles. The monoisotopic (exact) mass is 409 g/mol. The maximum Gasteiger partial charge on any atom is 0.236 e. The molecule has 0 aliphatic carbocycles. The Bertz CT molecular complexity index is 1140. The smallest absolute Gasteiger partial charge is 0.236 e. The Morgan fingerprint density at radius 3 is 2.66 bits per heavy atom. The molecule has 0 unspecified atom stereocenters. The SMILES string of the molecule is Cc1cc(NC(=O)CSc2nnnn2-c2cccc(F)c2)n(-c2ccccc2)n1. The lowest BCUT2D eigenvalue weighted by molar-refractivity contribution is -0.113. The van der Waals surface area contributed by atoms with E-state index in [1.807, 2.05) is 37.3 Å². The van der Waals surface area contributed by atoms with Gasteiger partial charge >= 0.3 is 0 Å². The number of tetrazole rings is 1. The number of carbonyl (C=O) groups excluding carboxylic acids is 1. The Kier molecular flexibility index (Phi) is 5.34. The summed E-state index contributed by atoms with van der Waals surface area (Å²) in [6, 6.07) is 17.2. The molecule has 0 bridgehead atoms. The first-order valence-corrected chi connectivity index (χ1v) is 9.68. The number of halogens is 1. The largest absolute Gasteiger partial charge is 0.310 e. The molecule has 1 N–H and O–H groups in total. The van der Waals surface area contributed by atoms with E-state index in [9.17, 15) is 9.18 Å². The highest BCUT2D eigenvalue weighted by Gasteiger charge is 2.14. The van der Waals surface area contributed by atoms with E-state index in [1.54, 1.807) is 22.9 Å². The molecule has 146 valence electrons. The minimum absolute atomic E-state index is 0.0781. The molecule has 2 aromatic heterocycles. The normalized spacial score (nSPS) is 10.8. The van der Waals surface area contributed by atoms with Gasteiger partial charge in [0.25, 0.3) is 0 Å². The predicted octanol–water partition coefficient (Wildman–Crippen LogP) is 3.03. The highest BCUT2D eigenvalue weighted by molar-refractivity contribution is 7.99. The van der Waals surface area contributed by atoms with Crippen molar-refractivity contribution in [3.05, 3.63) is 72.2 Å². The minimum atomic E-state index is -0.392. The van der Waals surface area contributed by atoms with E-state index in [4.69, 9.17) is 0 Å². The maximum absolute atomic E-state index is 13.5. The molecular weight excluding hydrogens is 393 g/mol. The van der Waals surface area contributed by atoms with Crippen molar-refractivity contribution in [1.82, 2.24) is 30.0 Å². The number of hydrogen-bond acceptors (Lipinski definition) is 6. The van der Waals surface area contributed by atoms with Crippen molar-refractivity contribution >= 4 is 23.5 Å². The van der Waals surface area contributed by atoms with Crippen LogP contribution in [0, 0.1) is 12.7 Å². The van der Waals surface area contributed by atoms with Crippen LogP contribution >= 0.6 is 11.8 Å². The molecule has 0 atom stereocenters. The number of carbonyl (C=O) groups is 1. The van der Waals surface area contributed by atoms with Gasteiger partial charge in [-0.25, -0.2) is 9.07 Å². The van der Waals surface area contributed by atoms with Crippen LogP contribution in [0.2, 0.25) is 0 Å². The maximum atomic E-state index is 13.5. The van der Waals surface area contributed by atoms with Crippen molar-refractivity contribution in [1.29, 1.82) is 0 Å². The molecule has 29 heavy (non-hydrogen) atoms. The van der Waals surface area contributed by atoms with E-state index < -0.39 is 5.82 Å². The second-order valence-electron chi connectivity index (χ2n) is 6.11. The van der Waals surface area contributed by atoms with Crippen molar-refractivity contribution in [2.45, 2.75) is 12.1 Å². The minimum Gasteiger partial charge on any atom is -0.310 e. The second-order valence-corrected chi connectivity index (χ2v) is 7.05. The van der Waals surface area contributed by atoms with E-state index in [1.165, 1.54) is 16.8 Å². The Morgan fingerprint density at radius 2 is 1.86 bits per heavy atom. The zero-order valence-corrected chi connectivity index (χ0v) is 16.2. The van der Waals surface area contributed by atoms with Gasteiger partial charge in [-0.3, -0.25) is 4.79 Å². The number of hydrogen-bond donors (Lipinski definition) is 1. The molecule has 2 heterocycles. The van der Waals surface area contributed by atoms with Crippen LogP contribution in [0.1, 0.15) is 5.69 Å². The molecule has 8 nitrogen and oxygen atoms in total. The quantitative estimate of drug-likeness (QED) is 0.492. The summed E-state index contributed by atoms with van der Waals surface area (Å²) in [7, 11) is 0. The van der Waals surface area contributed by atoms with Crippen molar-refractivity contribution < 1.29 is 9.18 Å². The molecular formula is C19H16FN7OS. The number of rotatable bonds is 6. The second kappa shape index (κ2) is 8.23. The third-order valence-electron chi connectivity index (χ3n) is 3.93. The van der Waals surface area contributed by atoms with Gasteiger partial charge in [0, 0.05) is 6.07 Å². The number of thioether (sulfide) groups is 1. The number of aryl methyl sites for hydroxylation is 1. The lowest BCUT2D eigenvalue weighted by Crippen LogP contribution is -2.17. The zero-order valence-electron chi connectivity index (χ0n) is 15.4. The Hall–Kier alpha value is -3.53. The van der Waals surface area contributed by atoms with Crippen LogP contribution in [0.3, 0.4) is 0 Å². The Morgan fingerprint density at radius 1 is 1.07 bits per heavy atom. The van der Waals surface area contributed by atoms with E-state index in [2.05, 4.69) is 25.9 Å². The fraction of sp³-hybridized carbons (Fsp3) is 0.105. The number of amides is 1. The van der Waals surface area contributed by atoms with Gasteiger partial charge in [-0.15, -0.1) is 5.10 Å². The van der Waals surface area contributed by atoms with Gasteiger partial charge in [-0.2, -0.15) is 9.78 Å². The summed E-state index contributed by atoms with van der Waals surface area (Å²) in [6.07, 6.45) is 0. The van der Waals surface area contributed by atoms with Crippen LogP contribution in [0.15, 0.2) is 65.8 Å². The first kappa shape index (κ1) is 18.8. The summed E-state index contributed by atoms with van der Waals surface area (Å²) in [6.45, 7) is 1.86. The summed E-state index contributed by atoms with van der Waals surface area (Å²) in [5.41, 5.74) is 2.11. The highest BCUT2D eigenvalue weighted by Crippen LogP contribution is 2.20. The zero-order chi connectivity index (χ0) is 20.2. The van der Waals surface area contributed by atoms with Crippen LogP contribution in [0.25, 0.3) is 11.4 Å². The number of anilines is 1. The number of para-hydroxylation sites is 1. The first-order valence-electron chi connectivity index (χ1n) is 8.69. The molecule has 2 aromatic carbocycles. The van der Waals surface area contributed by atoms with Gasteiger partial charge in [0.05, 0.1) is 22.8 Å². The summed E-state index contributed by atoms with van der Waals surface area (Å²) in [5, 5.41) is 19.1. The fourth-order valence-corrected chi connectivity index (χ4v) is 3.39. The standard InChI is InChI=1S/C19H16FN7OS/c1-13-10-17(26(23-13)15-7-3-2-4-8-15)21-18(28)12-29-19-22-24-25-27(19)16-9-5-6-14(20)11-16/h2-11H,12H2,1H3,(H,21,28). The molecule has 0 saturated carbocycles. The lowest BCUT2D eigenvalue weighted by atomic mass is 10.3. The Labute approximate surface area is 169 Å². The molecule has 4 aromatic rings. The molecule has 1 amide bonds. The van der Waals surface area contributed by atoms with Gasteiger partial charge in [-0.05, 0) is 47.7 Å². The van der Waals surface area contributed by atoms with Crippen LogP contribution in [0.5, 0.6) is 0 Å². The summed E-state index contributed by atoms with van der Waals surface area (Å²) in [5.74, 6) is 0.0236. The van der Waals surface area contributed by atoms with Gasteiger partial charge in [0.1, 0.15) is 11.6 Å². The van der Waals surface area contributed by atoms with Crippen molar-refractivity contribution in [2.75, 3.05) is 11.1 Å². The molecule has 4 rings (SSSR count). The van der Waals surface area contributed by atoms with Crippen molar-refractivity contribution in [3.8, 4) is 11.4 Å². The van der Waals surface area contributed by atoms with Crippen LogP contribution in [-0.4, -0.2) is 41.6 Å². The number of nitrogens with zero attached hydrogens (tertiary/aromatic N) is 6. The molecule has 0 saturated heterocycles. The van der Waals surface area contributed by atoms with Crippen LogP contribution in [0.4, 0.5) is 10.2 Å². The van der Waals surface area contributed by atoms with E-state index in [0.29, 0.717) is 16.7 Å². The number of nitrogens with one attached hydrogen (secondary N) is 1. The van der Waals surface area contributed by atoms with Crippen LogP contribution in [-0.2, 0) is 4.79 Å². The van der Waals surface area contributed by atoms with Crippen molar-refractivity contribution in [3.63, 3.8) is 0 Å². The third kappa shape index (κ3) is 4.32. The molecule has 0 aliphatic rings.